The van der Waals surface area contributed by atoms with Gasteiger partial charge in [-0.25, -0.2) is 13.1 Å². The van der Waals surface area contributed by atoms with Crippen molar-refractivity contribution in [2.75, 3.05) is 11.5 Å². The van der Waals surface area contributed by atoms with Gasteiger partial charge in [0.05, 0.1) is 11.5 Å². The van der Waals surface area contributed by atoms with E-state index in [1.54, 1.807) is 0 Å². The molecule has 1 atom stereocenters. The van der Waals surface area contributed by atoms with Gasteiger partial charge < -0.3 is 5.32 Å². The average molecular weight is 245 g/mol. The number of sulfone groups is 1. The minimum Gasteiger partial charge on any atom is -0.351 e. The molecule has 0 aromatic carbocycles. The van der Waals surface area contributed by atoms with E-state index in [1.165, 1.54) is 11.0 Å². The third-order valence-electron chi connectivity index (χ3n) is 2.29. The standard InChI is InChI=1S/C7H11N5O3S/c13-7(3-12-5-8-10-11-12)9-6-1-2-16(14,15)4-6/h5-6H,1-4H2,(H,9,13). The summed E-state index contributed by atoms with van der Waals surface area (Å²) in [6.45, 7) is 0.00352. The predicted octanol–water partition coefficient (Wildman–Crippen LogP) is -2.02. The van der Waals surface area contributed by atoms with Crippen LogP contribution in [-0.2, 0) is 21.2 Å². The molecule has 0 spiro atoms. The van der Waals surface area contributed by atoms with Crippen molar-refractivity contribution in [2.45, 2.75) is 19.0 Å². The van der Waals surface area contributed by atoms with Gasteiger partial charge in [0.1, 0.15) is 12.9 Å². The lowest BCUT2D eigenvalue weighted by Crippen LogP contribution is -2.37. The molecule has 1 aromatic heterocycles. The number of rotatable bonds is 3. The first-order valence-electron chi connectivity index (χ1n) is 4.76. The van der Waals surface area contributed by atoms with Crippen LogP contribution in [0.2, 0.25) is 0 Å². The van der Waals surface area contributed by atoms with Crippen LogP contribution in [0.25, 0.3) is 0 Å². The molecule has 1 N–H and O–H groups in total. The van der Waals surface area contributed by atoms with E-state index in [9.17, 15) is 13.2 Å². The molecule has 8 nitrogen and oxygen atoms in total. The Labute approximate surface area is 91.9 Å². The van der Waals surface area contributed by atoms with E-state index < -0.39 is 9.84 Å². The van der Waals surface area contributed by atoms with Crippen molar-refractivity contribution in [1.82, 2.24) is 25.5 Å². The van der Waals surface area contributed by atoms with Gasteiger partial charge in [0, 0.05) is 6.04 Å². The number of carbonyl (C=O) groups excluding carboxylic acids is 1. The van der Waals surface area contributed by atoms with E-state index in [2.05, 4.69) is 20.8 Å². The van der Waals surface area contributed by atoms with Gasteiger partial charge in [0.15, 0.2) is 9.84 Å². The molecule has 2 heterocycles. The SMILES string of the molecule is O=C(Cn1cnnn1)NC1CCS(=O)(=O)C1. The molecule has 0 saturated carbocycles. The van der Waals surface area contributed by atoms with Crippen molar-refractivity contribution < 1.29 is 13.2 Å². The van der Waals surface area contributed by atoms with E-state index in [-0.39, 0.29) is 30.0 Å². The maximum atomic E-state index is 11.5. The van der Waals surface area contributed by atoms with E-state index in [0.717, 1.165) is 0 Å². The Morgan fingerprint density at radius 2 is 2.38 bits per heavy atom. The highest BCUT2D eigenvalue weighted by Crippen LogP contribution is 2.10. The van der Waals surface area contributed by atoms with Crippen LogP contribution in [0.4, 0.5) is 0 Å². The third kappa shape index (κ3) is 2.75. The number of aromatic nitrogens is 4. The first-order valence-corrected chi connectivity index (χ1v) is 6.58. The molecule has 1 unspecified atom stereocenters. The summed E-state index contributed by atoms with van der Waals surface area (Å²) >= 11 is 0. The zero-order valence-corrected chi connectivity index (χ0v) is 9.22. The second-order valence-corrected chi connectivity index (χ2v) is 5.90. The van der Waals surface area contributed by atoms with Gasteiger partial charge in [-0.3, -0.25) is 4.79 Å². The van der Waals surface area contributed by atoms with Gasteiger partial charge in [-0.05, 0) is 16.8 Å². The van der Waals surface area contributed by atoms with Crippen LogP contribution in [0, 0.1) is 0 Å². The lowest BCUT2D eigenvalue weighted by molar-refractivity contribution is -0.122. The molecule has 1 saturated heterocycles. The fraction of sp³-hybridized carbons (Fsp3) is 0.714. The van der Waals surface area contributed by atoms with Crippen LogP contribution in [0.1, 0.15) is 6.42 Å². The zero-order valence-electron chi connectivity index (χ0n) is 8.40. The molecule has 0 radical (unpaired) electrons. The second-order valence-electron chi connectivity index (χ2n) is 3.67. The normalized spacial score (nSPS) is 23.1. The Kier molecular flexibility index (Phi) is 2.86. The number of nitrogens with one attached hydrogen (secondary N) is 1. The molecule has 0 aliphatic carbocycles. The Hall–Kier alpha value is -1.51. The van der Waals surface area contributed by atoms with Crippen molar-refractivity contribution in [3.05, 3.63) is 6.33 Å². The monoisotopic (exact) mass is 245 g/mol. The van der Waals surface area contributed by atoms with Crippen molar-refractivity contribution in [3.8, 4) is 0 Å². The molecule has 88 valence electrons. The number of tetrazole rings is 1. The molecule has 0 bridgehead atoms. The molecule has 16 heavy (non-hydrogen) atoms. The fourth-order valence-electron chi connectivity index (χ4n) is 1.58. The number of nitrogens with zero attached hydrogens (tertiary/aromatic N) is 4. The van der Waals surface area contributed by atoms with Crippen LogP contribution >= 0.6 is 0 Å². The number of amides is 1. The van der Waals surface area contributed by atoms with Crippen LogP contribution in [-0.4, -0.2) is 52.1 Å². The Bertz CT molecular complexity index is 468. The van der Waals surface area contributed by atoms with Gasteiger partial charge in [-0.1, -0.05) is 0 Å². The van der Waals surface area contributed by atoms with Gasteiger partial charge in [-0.15, -0.1) is 5.10 Å². The minimum atomic E-state index is -2.96. The summed E-state index contributed by atoms with van der Waals surface area (Å²) in [5.74, 6) is -0.119. The number of hydrogen-bond acceptors (Lipinski definition) is 6. The molecule has 1 fully saturated rings. The maximum absolute atomic E-state index is 11.5. The summed E-state index contributed by atoms with van der Waals surface area (Å²) in [4.78, 5) is 11.5. The molecule has 1 aliphatic rings. The fourth-order valence-corrected chi connectivity index (χ4v) is 3.26. The molecular weight excluding hydrogens is 234 g/mol. The Balaban J connectivity index is 1.85. The molecule has 1 amide bonds. The zero-order chi connectivity index (χ0) is 11.6. The third-order valence-corrected chi connectivity index (χ3v) is 4.06. The van der Waals surface area contributed by atoms with Gasteiger partial charge in [0.2, 0.25) is 5.91 Å². The van der Waals surface area contributed by atoms with Crippen molar-refractivity contribution >= 4 is 15.7 Å². The average Bonchev–Trinajstić information content (AvgIpc) is 2.76. The minimum absolute atomic E-state index is 0.00352. The van der Waals surface area contributed by atoms with Crippen LogP contribution in [0.3, 0.4) is 0 Å². The van der Waals surface area contributed by atoms with Crippen LogP contribution < -0.4 is 5.32 Å². The first kappa shape index (κ1) is 11.0. The van der Waals surface area contributed by atoms with Crippen molar-refractivity contribution in [1.29, 1.82) is 0 Å². The highest BCUT2D eigenvalue weighted by molar-refractivity contribution is 7.91. The second kappa shape index (κ2) is 4.16. The van der Waals surface area contributed by atoms with Gasteiger partial charge in [0.25, 0.3) is 0 Å². The van der Waals surface area contributed by atoms with E-state index in [1.807, 2.05) is 0 Å². The Morgan fingerprint density at radius 3 is 2.94 bits per heavy atom. The summed E-state index contributed by atoms with van der Waals surface area (Å²) in [6.07, 6.45) is 1.80. The maximum Gasteiger partial charge on any atom is 0.242 e. The molecule has 2 rings (SSSR count). The Morgan fingerprint density at radius 1 is 1.56 bits per heavy atom. The topological polar surface area (TPSA) is 107 Å². The first-order chi connectivity index (χ1) is 7.55. The molecular formula is C7H11N5O3S. The van der Waals surface area contributed by atoms with E-state index in [4.69, 9.17) is 0 Å². The summed E-state index contributed by atoms with van der Waals surface area (Å²) < 4.78 is 23.6. The van der Waals surface area contributed by atoms with Crippen LogP contribution in [0.15, 0.2) is 6.33 Å². The molecule has 1 aromatic rings. The predicted molar refractivity (Wildman–Crippen MR) is 53.0 cm³/mol. The van der Waals surface area contributed by atoms with E-state index in [0.29, 0.717) is 6.42 Å². The van der Waals surface area contributed by atoms with Crippen molar-refractivity contribution in [2.24, 2.45) is 0 Å². The van der Waals surface area contributed by atoms with E-state index >= 15 is 0 Å². The largest absolute Gasteiger partial charge is 0.351 e. The highest BCUT2D eigenvalue weighted by Gasteiger charge is 2.28. The van der Waals surface area contributed by atoms with Crippen LogP contribution in [0.5, 0.6) is 0 Å². The molecule has 1 aliphatic heterocycles. The smallest absolute Gasteiger partial charge is 0.242 e. The summed E-state index contributed by atoms with van der Waals surface area (Å²) in [5, 5.41) is 12.9. The van der Waals surface area contributed by atoms with Gasteiger partial charge >= 0.3 is 0 Å². The number of carbonyl (C=O) groups is 1. The quantitative estimate of drug-likeness (QED) is 0.658. The summed E-state index contributed by atoms with van der Waals surface area (Å²) in [6, 6.07) is -0.283. The number of hydrogen-bond donors (Lipinski definition) is 1. The summed E-state index contributed by atoms with van der Waals surface area (Å²) in [7, 11) is -2.96. The highest BCUT2D eigenvalue weighted by atomic mass is 32.2. The molecule has 9 heteroatoms. The van der Waals surface area contributed by atoms with Crippen molar-refractivity contribution in [3.63, 3.8) is 0 Å². The van der Waals surface area contributed by atoms with Gasteiger partial charge in [-0.2, -0.15) is 0 Å². The summed E-state index contributed by atoms with van der Waals surface area (Å²) in [5.41, 5.74) is 0. The lowest BCUT2D eigenvalue weighted by Gasteiger charge is -2.09. The lowest BCUT2D eigenvalue weighted by atomic mass is 10.2.